The molecule has 1 atom stereocenters. The van der Waals surface area contributed by atoms with Crippen molar-refractivity contribution < 1.29 is 23.9 Å². The fourth-order valence-corrected chi connectivity index (χ4v) is 5.35. The van der Waals surface area contributed by atoms with Crippen LogP contribution in [0.2, 0.25) is 5.02 Å². The summed E-state index contributed by atoms with van der Waals surface area (Å²) >= 11 is 7.23. The maximum absolute atomic E-state index is 12.9. The molecule has 1 fully saturated rings. The van der Waals surface area contributed by atoms with Gasteiger partial charge in [-0.3, -0.25) is 14.4 Å². The first-order valence-electron chi connectivity index (χ1n) is 12.1. The van der Waals surface area contributed by atoms with Gasteiger partial charge < -0.3 is 4.74 Å². The summed E-state index contributed by atoms with van der Waals surface area (Å²) in [5.41, 5.74) is 3.04. The van der Waals surface area contributed by atoms with E-state index in [-0.39, 0.29) is 29.6 Å². The molecule has 39 heavy (non-hydrogen) atoms. The van der Waals surface area contributed by atoms with Crippen LogP contribution in [0, 0.1) is 0 Å². The Balaban J connectivity index is 1.17. The van der Waals surface area contributed by atoms with Crippen LogP contribution in [0.25, 0.3) is 11.1 Å². The van der Waals surface area contributed by atoms with Gasteiger partial charge in [-0.25, -0.2) is 9.69 Å². The number of benzene rings is 4. The molecule has 0 N–H and O–H groups in total. The van der Waals surface area contributed by atoms with Crippen molar-refractivity contribution in [1.82, 2.24) is 0 Å². The van der Waals surface area contributed by atoms with Crippen LogP contribution in [-0.4, -0.2) is 35.4 Å². The molecule has 5 rings (SSSR count). The van der Waals surface area contributed by atoms with Gasteiger partial charge in [0.25, 0.3) is 0 Å². The number of ether oxygens (including phenoxy) is 1. The lowest BCUT2D eigenvalue weighted by molar-refractivity contribution is -0.121. The third kappa shape index (κ3) is 6.11. The summed E-state index contributed by atoms with van der Waals surface area (Å²) in [4.78, 5) is 52.6. The molecule has 1 saturated heterocycles. The first kappa shape index (κ1) is 26.4. The van der Waals surface area contributed by atoms with Crippen LogP contribution in [0.4, 0.5) is 5.69 Å². The van der Waals surface area contributed by atoms with Crippen LogP contribution in [0.15, 0.2) is 108 Å². The van der Waals surface area contributed by atoms with E-state index in [1.807, 2.05) is 42.5 Å². The topological polar surface area (TPSA) is 80.8 Å². The van der Waals surface area contributed by atoms with Gasteiger partial charge in [0.2, 0.25) is 11.8 Å². The maximum Gasteiger partial charge on any atom is 0.338 e. The van der Waals surface area contributed by atoms with E-state index >= 15 is 0 Å². The van der Waals surface area contributed by atoms with E-state index < -0.39 is 17.8 Å². The molecule has 1 heterocycles. The minimum absolute atomic E-state index is 0.0738. The number of carbonyl (C=O) groups is 4. The van der Waals surface area contributed by atoms with Crippen LogP contribution >= 0.6 is 23.4 Å². The number of rotatable bonds is 8. The van der Waals surface area contributed by atoms with E-state index in [9.17, 15) is 19.2 Å². The Hall–Kier alpha value is -4.20. The molecule has 8 heteroatoms. The van der Waals surface area contributed by atoms with Gasteiger partial charge in [0, 0.05) is 21.9 Å². The van der Waals surface area contributed by atoms with Crippen LogP contribution in [0.3, 0.4) is 0 Å². The Labute approximate surface area is 234 Å². The summed E-state index contributed by atoms with van der Waals surface area (Å²) in [6.07, 6.45) is 0.0738. The Bertz CT molecular complexity index is 1520. The minimum Gasteiger partial charge on any atom is -0.454 e. The second kappa shape index (κ2) is 11.7. The molecule has 194 valence electrons. The zero-order chi connectivity index (χ0) is 27.4. The standard InChI is InChI=1S/C31H22ClNO5S/c32-24-12-16-26(17-13-24)39-28-18-29(35)33(30(28)36)25-14-10-23(11-15-25)31(37)38-19-27(34)22-8-6-21(7-9-22)20-4-2-1-3-5-20/h1-17,28H,18-19H2. The third-order valence-corrected chi connectivity index (χ3v) is 7.66. The first-order chi connectivity index (χ1) is 18.9. The maximum atomic E-state index is 12.9. The molecular formula is C31H22ClNO5S. The molecule has 4 aromatic carbocycles. The number of thioether (sulfide) groups is 1. The molecule has 0 spiro atoms. The number of imide groups is 1. The highest BCUT2D eigenvalue weighted by Gasteiger charge is 2.40. The second-order valence-corrected chi connectivity index (χ2v) is 10.5. The molecule has 6 nitrogen and oxygen atoms in total. The van der Waals surface area contributed by atoms with Crippen molar-refractivity contribution in [3.8, 4) is 11.1 Å². The predicted octanol–water partition coefficient (Wildman–Crippen LogP) is 6.47. The number of esters is 1. The van der Waals surface area contributed by atoms with Crippen molar-refractivity contribution >= 4 is 52.6 Å². The first-order valence-corrected chi connectivity index (χ1v) is 13.4. The van der Waals surface area contributed by atoms with Gasteiger partial charge in [0.15, 0.2) is 12.4 Å². The van der Waals surface area contributed by atoms with Gasteiger partial charge in [-0.1, -0.05) is 66.2 Å². The summed E-state index contributed by atoms with van der Waals surface area (Å²) in [6, 6.07) is 30.0. The lowest BCUT2D eigenvalue weighted by atomic mass is 10.0. The second-order valence-electron chi connectivity index (χ2n) is 8.82. The number of halogens is 1. The van der Waals surface area contributed by atoms with E-state index in [1.54, 1.807) is 36.4 Å². The quantitative estimate of drug-likeness (QED) is 0.141. The molecule has 1 aliphatic rings. The lowest BCUT2D eigenvalue weighted by Gasteiger charge is -2.15. The van der Waals surface area contributed by atoms with E-state index in [1.165, 1.54) is 36.0 Å². The monoisotopic (exact) mass is 555 g/mol. The zero-order valence-corrected chi connectivity index (χ0v) is 22.2. The van der Waals surface area contributed by atoms with Crippen molar-refractivity contribution in [2.24, 2.45) is 0 Å². The average molecular weight is 556 g/mol. The van der Waals surface area contributed by atoms with E-state index in [0.29, 0.717) is 16.3 Å². The number of hydrogen-bond acceptors (Lipinski definition) is 6. The highest BCUT2D eigenvalue weighted by Crippen LogP contribution is 2.34. The number of amides is 2. The van der Waals surface area contributed by atoms with Gasteiger partial charge in [0.05, 0.1) is 16.5 Å². The summed E-state index contributed by atoms with van der Waals surface area (Å²) in [5.74, 6) is -1.63. The van der Waals surface area contributed by atoms with E-state index in [2.05, 4.69) is 0 Å². The van der Waals surface area contributed by atoms with Gasteiger partial charge >= 0.3 is 5.97 Å². The number of nitrogens with zero attached hydrogens (tertiary/aromatic N) is 1. The molecule has 2 amide bonds. The Morgan fingerprint density at radius 3 is 2.08 bits per heavy atom. The normalized spacial score (nSPS) is 14.9. The summed E-state index contributed by atoms with van der Waals surface area (Å²) < 4.78 is 5.21. The fourth-order valence-electron chi connectivity index (χ4n) is 4.17. The third-order valence-electron chi connectivity index (χ3n) is 6.21. The smallest absolute Gasteiger partial charge is 0.338 e. The Morgan fingerprint density at radius 2 is 1.41 bits per heavy atom. The summed E-state index contributed by atoms with van der Waals surface area (Å²) in [6.45, 7) is -0.405. The zero-order valence-electron chi connectivity index (χ0n) is 20.6. The number of hydrogen-bond donors (Lipinski definition) is 0. The van der Waals surface area contributed by atoms with Gasteiger partial charge in [-0.05, 0) is 59.7 Å². The van der Waals surface area contributed by atoms with E-state index in [0.717, 1.165) is 20.9 Å². The predicted molar refractivity (Wildman–Crippen MR) is 151 cm³/mol. The van der Waals surface area contributed by atoms with Crippen molar-refractivity contribution in [1.29, 1.82) is 0 Å². The molecule has 4 aromatic rings. The minimum atomic E-state index is -0.675. The van der Waals surface area contributed by atoms with Crippen molar-refractivity contribution in [3.05, 3.63) is 119 Å². The molecule has 0 radical (unpaired) electrons. The molecule has 0 aromatic heterocycles. The van der Waals surface area contributed by atoms with Crippen LogP contribution in [0.1, 0.15) is 27.1 Å². The van der Waals surface area contributed by atoms with Crippen LogP contribution in [0.5, 0.6) is 0 Å². The number of Topliss-reactive ketones (excluding diaryl/α,β-unsaturated/α-hetero) is 1. The number of ketones is 1. The molecule has 1 unspecified atom stereocenters. The SMILES string of the molecule is O=C(COC(=O)c1ccc(N2C(=O)CC(Sc3ccc(Cl)cc3)C2=O)cc1)c1ccc(-c2ccccc2)cc1. The van der Waals surface area contributed by atoms with E-state index in [4.69, 9.17) is 16.3 Å². The molecule has 1 aliphatic heterocycles. The highest BCUT2D eigenvalue weighted by molar-refractivity contribution is 8.00. The largest absolute Gasteiger partial charge is 0.454 e. The number of carbonyl (C=O) groups excluding carboxylic acids is 4. The highest BCUT2D eigenvalue weighted by atomic mass is 35.5. The average Bonchev–Trinajstić information content (AvgIpc) is 3.25. The summed E-state index contributed by atoms with van der Waals surface area (Å²) in [5, 5.41) is 0.0476. The van der Waals surface area contributed by atoms with Gasteiger partial charge in [-0.2, -0.15) is 0 Å². The number of anilines is 1. The van der Waals surface area contributed by atoms with Gasteiger partial charge in [0.1, 0.15) is 0 Å². The Kier molecular flexibility index (Phi) is 7.91. The lowest BCUT2D eigenvalue weighted by Crippen LogP contribution is -2.31. The van der Waals surface area contributed by atoms with Gasteiger partial charge in [-0.15, -0.1) is 11.8 Å². The fraction of sp³-hybridized carbons (Fsp3) is 0.0968. The van der Waals surface area contributed by atoms with Crippen LogP contribution in [-0.2, 0) is 14.3 Å². The molecule has 0 aliphatic carbocycles. The molecule has 0 bridgehead atoms. The summed E-state index contributed by atoms with van der Waals surface area (Å²) in [7, 11) is 0. The molecular weight excluding hydrogens is 534 g/mol. The van der Waals surface area contributed by atoms with Crippen molar-refractivity contribution in [2.45, 2.75) is 16.6 Å². The van der Waals surface area contributed by atoms with Crippen LogP contribution < -0.4 is 4.90 Å². The van der Waals surface area contributed by atoms with Crippen molar-refractivity contribution in [3.63, 3.8) is 0 Å². The van der Waals surface area contributed by atoms with Crippen molar-refractivity contribution in [2.75, 3.05) is 11.5 Å². The molecule has 0 saturated carbocycles. The Morgan fingerprint density at radius 1 is 0.795 bits per heavy atom.